The molecule has 2 rings (SSSR count). The molecule has 1 aliphatic heterocycles. The highest BCUT2D eigenvalue weighted by molar-refractivity contribution is 5.60. The van der Waals surface area contributed by atoms with Gasteiger partial charge in [0.15, 0.2) is 0 Å². The van der Waals surface area contributed by atoms with Gasteiger partial charge in [-0.2, -0.15) is 0 Å². The molecule has 0 unspecified atom stereocenters. The first kappa shape index (κ1) is 15.2. The number of rotatable bonds is 7. The van der Waals surface area contributed by atoms with Gasteiger partial charge < -0.3 is 14.6 Å². The van der Waals surface area contributed by atoms with Crippen LogP contribution in [0.5, 0.6) is 0 Å². The van der Waals surface area contributed by atoms with Crippen LogP contribution in [0.3, 0.4) is 0 Å². The van der Waals surface area contributed by atoms with Crippen molar-refractivity contribution >= 4 is 6.29 Å². The number of nitrogens with zero attached hydrogens (tertiary/aromatic N) is 1. The molecule has 0 radical (unpaired) electrons. The van der Waals surface area contributed by atoms with Gasteiger partial charge in [-0.3, -0.25) is 4.90 Å². The molecule has 0 bridgehead atoms. The van der Waals surface area contributed by atoms with Crippen molar-refractivity contribution in [3.63, 3.8) is 0 Å². The predicted octanol–water partition coefficient (Wildman–Crippen LogP) is 1.48. The lowest BCUT2D eigenvalue weighted by Gasteiger charge is -2.36. The van der Waals surface area contributed by atoms with Crippen LogP contribution in [-0.2, 0) is 16.1 Å². The normalized spacial score (nSPS) is 18.1. The molecule has 4 heteroatoms. The number of carbonyl (C=O) groups excluding carboxylic acids is 1. The number of hydrogen-bond acceptors (Lipinski definition) is 4. The van der Waals surface area contributed by atoms with E-state index in [0.717, 1.165) is 25.7 Å². The van der Waals surface area contributed by atoms with Crippen LogP contribution in [0.4, 0.5) is 0 Å². The Morgan fingerprint density at radius 3 is 2.55 bits per heavy atom. The van der Waals surface area contributed by atoms with Crippen molar-refractivity contribution in [2.24, 2.45) is 5.41 Å². The molecule has 0 atom stereocenters. The van der Waals surface area contributed by atoms with Gasteiger partial charge in [0.2, 0.25) is 0 Å². The second-order valence-electron chi connectivity index (χ2n) is 5.51. The summed E-state index contributed by atoms with van der Waals surface area (Å²) in [6, 6.07) is 10.2. The average molecular weight is 277 g/mol. The first-order valence-electron chi connectivity index (χ1n) is 7.19. The molecule has 20 heavy (non-hydrogen) atoms. The molecule has 1 fully saturated rings. The summed E-state index contributed by atoms with van der Waals surface area (Å²) in [7, 11) is 0. The van der Waals surface area contributed by atoms with Crippen LogP contribution in [0, 0.1) is 5.41 Å². The smallest absolute Gasteiger partial charge is 0.127 e. The van der Waals surface area contributed by atoms with E-state index in [4.69, 9.17) is 4.74 Å². The summed E-state index contributed by atoms with van der Waals surface area (Å²) in [6.45, 7) is 3.45. The maximum absolute atomic E-state index is 11.5. The average Bonchev–Trinajstić information content (AvgIpc) is 2.49. The number of aldehydes is 1. The SMILES string of the molecule is O=CC1(CN(CCO)Cc2ccccc2)CCOCC1. The number of aliphatic hydroxyl groups is 1. The zero-order chi connectivity index (χ0) is 14.3. The quantitative estimate of drug-likeness (QED) is 0.767. The molecular formula is C16H23NO3. The highest BCUT2D eigenvalue weighted by Gasteiger charge is 2.34. The van der Waals surface area contributed by atoms with Crippen molar-refractivity contribution < 1.29 is 14.6 Å². The van der Waals surface area contributed by atoms with E-state index in [2.05, 4.69) is 17.0 Å². The molecule has 1 saturated heterocycles. The second-order valence-corrected chi connectivity index (χ2v) is 5.51. The minimum atomic E-state index is -0.317. The number of benzene rings is 1. The van der Waals surface area contributed by atoms with Gasteiger partial charge in [-0.15, -0.1) is 0 Å². The number of hydrogen-bond donors (Lipinski definition) is 1. The Kier molecular flexibility index (Phi) is 5.71. The van der Waals surface area contributed by atoms with Crippen molar-refractivity contribution in [2.75, 3.05) is 32.9 Å². The van der Waals surface area contributed by atoms with Crippen LogP contribution in [0.25, 0.3) is 0 Å². The molecule has 4 nitrogen and oxygen atoms in total. The summed E-state index contributed by atoms with van der Waals surface area (Å²) in [5, 5.41) is 9.25. The highest BCUT2D eigenvalue weighted by Crippen LogP contribution is 2.29. The van der Waals surface area contributed by atoms with E-state index in [1.807, 2.05) is 18.2 Å². The fraction of sp³-hybridized carbons (Fsp3) is 0.562. The Hall–Kier alpha value is -1.23. The second kappa shape index (κ2) is 7.53. The number of aliphatic hydroxyl groups excluding tert-OH is 1. The molecule has 0 saturated carbocycles. The van der Waals surface area contributed by atoms with Crippen molar-refractivity contribution in [2.45, 2.75) is 19.4 Å². The zero-order valence-electron chi connectivity index (χ0n) is 11.8. The van der Waals surface area contributed by atoms with Crippen LogP contribution >= 0.6 is 0 Å². The molecule has 110 valence electrons. The summed E-state index contributed by atoms with van der Waals surface area (Å²) in [5.74, 6) is 0. The van der Waals surface area contributed by atoms with Crippen molar-refractivity contribution in [3.05, 3.63) is 35.9 Å². The predicted molar refractivity (Wildman–Crippen MR) is 77.4 cm³/mol. The topological polar surface area (TPSA) is 49.8 Å². The molecule has 1 heterocycles. The monoisotopic (exact) mass is 277 g/mol. The van der Waals surface area contributed by atoms with Crippen molar-refractivity contribution in [1.29, 1.82) is 0 Å². The molecule has 1 aliphatic rings. The first-order chi connectivity index (χ1) is 9.78. The molecule has 0 aliphatic carbocycles. The van der Waals surface area contributed by atoms with E-state index < -0.39 is 0 Å². The molecule has 0 spiro atoms. The molecular weight excluding hydrogens is 254 g/mol. The van der Waals surface area contributed by atoms with Gasteiger partial charge >= 0.3 is 0 Å². The summed E-state index contributed by atoms with van der Waals surface area (Å²) in [4.78, 5) is 13.7. The van der Waals surface area contributed by atoms with Gasteiger partial charge in [0.1, 0.15) is 6.29 Å². The molecule has 1 N–H and O–H groups in total. The zero-order valence-corrected chi connectivity index (χ0v) is 11.8. The lowest BCUT2D eigenvalue weighted by molar-refractivity contribution is -0.123. The molecule has 1 aromatic carbocycles. The Morgan fingerprint density at radius 1 is 1.25 bits per heavy atom. The Morgan fingerprint density at radius 2 is 1.95 bits per heavy atom. The van der Waals surface area contributed by atoms with Crippen LogP contribution in [0.2, 0.25) is 0 Å². The summed E-state index contributed by atoms with van der Waals surface area (Å²) >= 11 is 0. The van der Waals surface area contributed by atoms with Crippen LogP contribution < -0.4 is 0 Å². The van der Waals surface area contributed by atoms with Crippen LogP contribution in [0.15, 0.2) is 30.3 Å². The van der Waals surface area contributed by atoms with Crippen molar-refractivity contribution in [3.8, 4) is 0 Å². The first-order valence-corrected chi connectivity index (χ1v) is 7.19. The van der Waals surface area contributed by atoms with Gasteiger partial charge in [0, 0.05) is 38.3 Å². The van der Waals surface area contributed by atoms with Gasteiger partial charge in [0.25, 0.3) is 0 Å². The largest absolute Gasteiger partial charge is 0.395 e. The lowest BCUT2D eigenvalue weighted by Crippen LogP contribution is -2.43. The van der Waals surface area contributed by atoms with E-state index in [1.165, 1.54) is 5.56 Å². The Labute approximate surface area is 120 Å². The van der Waals surface area contributed by atoms with E-state index in [1.54, 1.807) is 0 Å². The maximum Gasteiger partial charge on any atom is 0.127 e. The van der Waals surface area contributed by atoms with Crippen LogP contribution in [-0.4, -0.2) is 49.2 Å². The maximum atomic E-state index is 11.5. The van der Waals surface area contributed by atoms with Crippen LogP contribution in [0.1, 0.15) is 18.4 Å². The Bertz CT molecular complexity index is 401. The highest BCUT2D eigenvalue weighted by atomic mass is 16.5. The molecule has 0 amide bonds. The minimum Gasteiger partial charge on any atom is -0.395 e. The number of ether oxygens (including phenoxy) is 1. The molecule has 0 aromatic heterocycles. The van der Waals surface area contributed by atoms with E-state index in [-0.39, 0.29) is 12.0 Å². The fourth-order valence-electron chi connectivity index (χ4n) is 2.73. The van der Waals surface area contributed by atoms with E-state index in [9.17, 15) is 9.90 Å². The molecule has 1 aromatic rings. The third-order valence-electron chi connectivity index (χ3n) is 3.94. The van der Waals surface area contributed by atoms with E-state index in [0.29, 0.717) is 26.3 Å². The van der Waals surface area contributed by atoms with Gasteiger partial charge in [-0.05, 0) is 18.4 Å². The number of carbonyl (C=O) groups is 1. The van der Waals surface area contributed by atoms with Gasteiger partial charge in [0.05, 0.1) is 6.61 Å². The third-order valence-corrected chi connectivity index (χ3v) is 3.94. The van der Waals surface area contributed by atoms with E-state index >= 15 is 0 Å². The summed E-state index contributed by atoms with van der Waals surface area (Å²) in [6.07, 6.45) is 2.63. The third kappa shape index (κ3) is 4.13. The minimum absolute atomic E-state index is 0.109. The van der Waals surface area contributed by atoms with Gasteiger partial charge in [-0.25, -0.2) is 0 Å². The van der Waals surface area contributed by atoms with Gasteiger partial charge in [-0.1, -0.05) is 30.3 Å². The summed E-state index contributed by atoms with van der Waals surface area (Å²) in [5.41, 5.74) is 0.886. The Balaban J connectivity index is 2.02. The fourth-order valence-corrected chi connectivity index (χ4v) is 2.73. The van der Waals surface area contributed by atoms with Crippen molar-refractivity contribution in [1.82, 2.24) is 4.90 Å². The lowest BCUT2D eigenvalue weighted by atomic mass is 9.81. The summed E-state index contributed by atoms with van der Waals surface area (Å²) < 4.78 is 5.36. The standard InChI is InChI=1S/C16H23NO3/c18-9-8-17(12-15-4-2-1-3-5-15)13-16(14-19)6-10-20-11-7-16/h1-5,14,18H,6-13H2.